The number of hydrogen-bond acceptors (Lipinski definition) is 1. The topological polar surface area (TPSA) is 0 Å². The molecule has 0 atom stereocenters. The van der Waals surface area contributed by atoms with E-state index in [0.29, 0.717) is 5.88 Å². The number of halogens is 1. The normalized spacial score (nSPS) is 6.25. The Balaban J connectivity index is 2.30. The number of hydrogen-bond donors (Lipinski definition) is 0. The van der Waals surface area contributed by atoms with Crippen LogP contribution in [0.25, 0.3) is 0 Å². The monoisotopic (exact) mass is 93.0 g/mol. The molecule has 0 nitrogen and oxygen atoms in total. The molecule has 0 aliphatic carbocycles. The van der Waals surface area contributed by atoms with Crippen LogP contribution < -0.4 is 0 Å². The van der Waals surface area contributed by atoms with Crippen molar-refractivity contribution < 1.29 is 0 Å². The molecule has 0 heterocycles. The molecule has 0 fully saturated rings. The summed E-state index contributed by atoms with van der Waals surface area (Å²) in [4.78, 5) is 0. The molecule has 0 aromatic rings. The van der Waals surface area contributed by atoms with Gasteiger partial charge in [0.15, 0.2) is 0 Å². The molecule has 0 aromatic heterocycles. The molecular weight excluding hydrogens is 91.5 g/mol. The highest BCUT2D eigenvalue weighted by Gasteiger charge is 1.52. The van der Waals surface area contributed by atoms with Crippen LogP contribution in [0.2, 0.25) is 0 Å². The zero-order chi connectivity index (χ0) is 3.41. The van der Waals surface area contributed by atoms with Crippen LogP contribution in [-0.4, -0.2) is 11.2 Å². The van der Waals surface area contributed by atoms with Crippen molar-refractivity contribution >= 4 is 29.2 Å². The molecule has 0 bridgehead atoms. The van der Waals surface area contributed by atoms with Crippen molar-refractivity contribution in [2.45, 2.75) is 0 Å². The van der Waals surface area contributed by atoms with E-state index in [4.69, 9.17) is 11.6 Å². The molecule has 0 aromatic carbocycles. The highest BCUT2D eigenvalue weighted by Crippen LogP contribution is 1.61. The Morgan fingerprint density at radius 3 is 2.25 bits per heavy atom. The first-order valence-electron chi connectivity index (χ1n) is 0.825. The van der Waals surface area contributed by atoms with Crippen LogP contribution in [0.4, 0.5) is 0 Å². The molecule has 4 heavy (non-hydrogen) atoms. The molecule has 1 radical (unpaired) electrons. The van der Waals surface area contributed by atoms with Crippen LogP contribution >= 0.6 is 23.8 Å². The van der Waals surface area contributed by atoms with Crippen LogP contribution in [0.5, 0.6) is 0 Å². The smallest absolute Gasteiger partial charge is 0.0588 e. The van der Waals surface area contributed by atoms with Gasteiger partial charge in [-0.05, 0) is 0 Å². The van der Waals surface area contributed by atoms with Crippen molar-refractivity contribution in [2.24, 2.45) is 0 Å². The van der Waals surface area contributed by atoms with Gasteiger partial charge in [-0.15, -0.1) is 11.6 Å². The number of alkyl halides is 1. The van der Waals surface area contributed by atoms with Crippen LogP contribution in [0.1, 0.15) is 0 Å². The summed E-state index contributed by atoms with van der Waals surface area (Å²) in [7, 11) is 0. The molecule has 0 spiro atoms. The van der Waals surface area contributed by atoms with E-state index in [1.165, 1.54) is 0 Å². The molecule has 0 saturated heterocycles. The second-order valence-electron chi connectivity index (χ2n) is 0.278. The third-order valence-corrected chi connectivity index (χ3v) is 0.491. The third-order valence-electron chi connectivity index (χ3n) is 0.0546. The second kappa shape index (κ2) is 3.38. The first-order chi connectivity index (χ1) is 1.91. The lowest BCUT2D eigenvalue weighted by Gasteiger charge is -1.50. The van der Waals surface area contributed by atoms with Crippen LogP contribution in [0.15, 0.2) is 0 Å². The Morgan fingerprint density at radius 1 is 2.00 bits per heavy atom. The van der Waals surface area contributed by atoms with Crippen molar-refractivity contribution in [3.05, 3.63) is 0 Å². The average Bonchev–Trinajstić information content (AvgIpc) is 1.37. The summed E-state index contributed by atoms with van der Waals surface area (Å²) in [6, 6.07) is 0. The Labute approximate surface area is 35.8 Å². The number of rotatable bonds is 1. The Morgan fingerprint density at radius 2 is 2.25 bits per heavy atom. The van der Waals surface area contributed by atoms with E-state index in [2.05, 4.69) is 17.6 Å². The van der Waals surface area contributed by atoms with E-state index in [0.717, 1.165) is 0 Å². The molecule has 0 N–H and O–H groups in total. The molecule has 0 aliphatic rings. The Bertz CT molecular complexity index is 20.0. The Hall–Kier alpha value is 0.380. The van der Waals surface area contributed by atoms with E-state index < -0.39 is 0 Å². The van der Waals surface area contributed by atoms with Gasteiger partial charge in [-0.1, -0.05) is 12.2 Å². The van der Waals surface area contributed by atoms with E-state index in [-0.39, 0.29) is 0 Å². The highest BCUT2D eigenvalue weighted by molar-refractivity contribution is 7.79. The minimum atomic E-state index is 0.356. The summed E-state index contributed by atoms with van der Waals surface area (Å²) < 4.78 is 0. The first kappa shape index (κ1) is 4.38. The first-order valence-corrected chi connectivity index (χ1v) is 1.77. The van der Waals surface area contributed by atoms with Crippen molar-refractivity contribution in [1.82, 2.24) is 0 Å². The fourth-order valence-corrected chi connectivity index (χ4v) is 0. The zero-order valence-electron chi connectivity index (χ0n) is 1.99. The summed E-state index contributed by atoms with van der Waals surface area (Å²) in [5.74, 6) is 0.356. The van der Waals surface area contributed by atoms with Crippen molar-refractivity contribution in [3.8, 4) is 0 Å². The van der Waals surface area contributed by atoms with Gasteiger partial charge in [0, 0.05) is 5.37 Å². The molecular formula is C2H2ClS. The van der Waals surface area contributed by atoms with E-state index >= 15 is 0 Å². The van der Waals surface area contributed by atoms with Crippen molar-refractivity contribution in [3.63, 3.8) is 0 Å². The van der Waals surface area contributed by atoms with E-state index in [1.54, 1.807) is 0 Å². The average molecular weight is 93.6 g/mol. The van der Waals surface area contributed by atoms with Gasteiger partial charge in [0.25, 0.3) is 0 Å². The predicted octanol–water partition coefficient (Wildman–Crippen LogP) is 1.10. The fourth-order valence-electron chi connectivity index (χ4n) is 0. The van der Waals surface area contributed by atoms with Gasteiger partial charge >= 0.3 is 0 Å². The SMILES string of the molecule is S=[C]CCl. The summed E-state index contributed by atoms with van der Waals surface area (Å²) in [6.45, 7) is 0. The molecule has 0 saturated carbocycles. The molecule has 0 aliphatic heterocycles. The van der Waals surface area contributed by atoms with Gasteiger partial charge in [0.2, 0.25) is 0 Å². The molecule has 0 unspecified atom stereocenters. The maximum Gasteiger partial charge on any atom is 0.0588 e. The van der Waals surface area contributed by atoms with Gasteiger partial charge in [0.1, 0.15) is 0 Å². The van der Waals surface area contributed by atoms with E-state index in [1.807, 2.05) is 0 Å². The summed E-state index contributed by atoms with van der Waals surface area (Å²) >= 11 is 9.14. The van der Waals surface area contributed by atoms with Crippen LogP contribution in [0.3, 0.4) is 0 Å². The highest BCUT2D eigenvalue weighted by atomic mass is 35.5. The van der Waals surface area contributed by atoms with Gasteiger partial charge < -0.3 is 0 Å². The van der Waals surface area contributed by atoms with Crippen LogP contribution in [0, 0.1) is 0 Å². The quantitative estimate of drug-likeness (QED) is 0.346. The molecule has 0 rings (SSSR count). The van der Waals surface area contributed by atoms with Crippen molar-refractivity contribution in [2.75, 3.05) is 5.88 Å². The molecule has 2 heteroatoms. The summed E-state index contributed by atoms with van der Waals surface area (Å²) in [5.41, 5.74) is 0. The number of thiocarbonyl (C=S) groups is 1. The Kier molecular flexibility index (Phi) is 3.70. The summed E-state index contributed by atoms with van der Waals surface area (Å²) in [5, 5.41) is 2.28. The second-order valence-corrected chi connectivity index (χ2v) is 0.834. The molecule has 0 amide bonds. The standard InChI is InChI=1S/C2H2ClS/c3-1-2-4/h1H2. The lowest BCUT2D eigenvalue weighted by Crippen LogP contribution is -1.58. The lowest BCUT2D eigenvalue weighted by atomic mass is 11.0. The van der Waals surface area contributed by atoms with E-state index in [9.17, 15) is 0 Å². The van der Waals surface area contributed by atoms with Crippen LogP contribution in [-0.2, 0) is 0 Å². The minimum Gasteiger partial charge on any atom is -0.121 e. The van der Waals surface area contributed by atoms with Crippen molar-refractivity contribution in [1.29, 1.82) is 0 Å². The minimum absolute atomic E-state index is 0.356. The lowest BCUT2D eigenvalue weighted by molar-refractivity contribution is 2.13. The largest absolute Gasteiger partial charge is 0.121 e. The van der Waals surface area contributed by atoms with Gasteiger partial charge in [-0.3, -0.25) is 0 Å². The maximum absolute atomic E-state index is 4.97. The third kappa shape index (κ3) is 2.38. The van der Waals surface area contributed by atoms with Gasteiger partial charge in [-0.2, -0.15) is 0 Å². The predicted molar refractivity (Wildman–Crippen MR) is 23.3 cm³/mol. The fraction of sp³-hybridized carbons (Fsp3) is 0.500. The van der Waals surface area contributed by atoms with Gasteiger partial charge in [-0.25, -0.2) is 0 Å². The molecule has 23 valence electrons. The zero-order valence-corrected chi connectivity index (χ0v) is 3.57. The van der Waals surface area contributed by atoms with Gasteiger partial charge in [0.05, 0.1) is 5.88 Å². The summed E-state index contributed by atoms with van der Waals surface area (Å²) in [6.07, 6.45) is 0. The maximum atomic E-state index is 4.97.